The third-order valence-electron chi connectivity index (χ3n) is 10.8. The molecule has 2 nitrogen and oxygen atoms in total. The average Bonchev–Trinajstić information content (AvgIpc) is 3.62. The Hall–Kier alpha value is -7.42. The van der Waals surface area contributed by atoms with E-state index in [-0.39, 0.29) is 0 Å². The molecule has 0 spiro atoms. The van der Waals surface area contributed by atoms with Crippen molar-refractivity contribution < 1.29 is 0 Å². The van der Waals surface area contributed by atoms with Crippen LogP contribution in [0.25, 0.3) is 72.0 Å². The minimum absolute atomic E-state index is 1.09. The predicted molar refractivity (Wildman–Crippen MR) is 237 cm³/mol. The van der Waals surface area contributed by atoms with E-state index in [1.54, 1.807) is 0 Å². The van der Waals surface area contributed by atoms with Crippen LogP contribution in [0.2, 0.25) is 0 Å². The third-order valence-corrected chi connectivity index (χ3v) is 10.8. The van der Waals surface area contributed by atoms with Gasteiger partial charge in [-0.05, 0) is 81.9 Å². The van der Waals surface area contributed by atoms with Gasteiger partial charge in [-0.3, -0.25) is 0 Å². The predicted octanol–water partition coefficient (Wildman–Crippen LogP) is 14.9. The zero-order chi connectivity index (χ0) is 37.3. The highest BCUT2D eigenvalue weighted by atomic mass is 15.1. The summed E-state index contributed by atoms with van der Waals surface area (Å²) in [4.78, 5) is 2.35. The molecule has 0 fully saturated rings. The molecule has 0 amide bonds. The maximum Gasteiger partial charge on any atom is 0.0618 e. The van der Waals surface area contributed by atoms with Gasteiger partial charge in [0, 0.05) is 39.0 Å². The van der Waals surface area contributed by atoms with Gasteiger partial charge in [0.25, 0.3) is 0 Å². The average molecular weight is 715 g/mol. The SMILES string of the molecule is c1ccc(-c2ccc(N(c3ccc(-c4ccccc4)cc3)c3ccc(-c4cccc(-c5ccccc5)c4-n4c5ccccc5c5ccccc54)cc3)cc2)cc1. The van der Waals surface area contributed by atoms with Crippen molar-refractivity contribution in [1.82, 2.24) is 4.57 Å². The minimum Gasteiger partial charge on any atom is -0.311 e. The van der Waals surface area contributed by atoms with Crippen LogP contribution in [0.3, 0.4) is 0 Å². The number of benzene rings is 9. The number of hydrogen-bond donors (Lipinski definition) is 0. The Morgan fingerprint density at radius 3 is 1.00 bits per heavy atom. The van der Waals surface area contributed by atoms with Crippen LogP contribution in [0.15, 0.2) is 231 Å². The van der Waals surface area contributed by atoms with Gasteiger partial charge < -0.3 is 9.47 Å². The summed E-state index contributed by atoms with van der Waals surface area (Å²) in [6, 6.07) is 83.0. The van der Waals surface area contributed by atoms with Crippen LogP contribution in [-0.4, -0.2) is 4.57 Å². The van der Waals surface area contributed by atoms with E-state index in [0.717, 1.165) is 22.6 Å². The smallest absolute Gasteiger partial charge is 0.0618 e. The quantitative estimate of drug-likeness (QED) is 0.152. The Kier molecular flexibility index (Phi) is 8.55. The van der Waals surface area contributed by atoms with E-state index in [1.165, 1.54) is 66.4 Å². The van der Waals surface area contributed by atoms with Crippen LogP contribution in [0.4, 0.5) is 17.1 Å². The lowest BCUT2D eigenvalue weighted by atomic mass is 9.95. The Labute approximate surface area is 327 Å². The first-order chi connectivity index (χ1) is 27.8. The summed E-state index contributed by atoms with van der Waals surface area (Å²) in [6.07, 6.45) is 0. The second-order valence-electron chi connectivity index (χ2n) is 14.1. The fourth-order valence-corrected chi connectivity index (χ4v) is 8.14. The Morgan fingerprint density at radius 1 is 0.250 bits per heavy atom. The topological polar surface area (TPSA) is 8.17 Å². The van der Waals surface area contributed by atoms with Crippen LogP contribution in [0, 0.1) is 0 Å². The van der Waals surface area contributed by atoms with Gasteiger partial charge in [0.1, 0.15) is 0 Å². The van der Waals surface area contributed by atoms with Crippen molar-refractivity contribution >= 4 is 38.9 Å². The molecule has 0 aliphatic heterocycles. The standard InChI is InChI=1S/C54H38N2/c1-4-15-39(16-5-1)41-27-33-45(34-28-41)55(46-35-29-42(30-36-46)40-17-6-2-7-18-40)47-37-31-44(32-38-47)49-24-14-23-48(43-19-8-3-9-20-43)54(49)56-52-25-12-10-21-50(52)51-22-11-13-26-53(51)56/h1-38H. The van der Waals surface area contributed by atoms with Crippen LogP contribution < -0.4 is 4.90 Å². The summed E-state index contributed by atoms with van der Waals surface area (Å²) in [6.45, 7) is 0. The van der Waals surface area contributed by atoms with Crippen molar-refractivity contribution in [3.05, 3.63) is 231 Å². The molecule has 0 N–H and O–H groups in total. The number of fused-ring (bicyclic) bond motifs is 3. The molecule has 56 heavy (non-hydrogen) atoms. The molecule has 0 aliphatic rings. The highest BCUT2D eigenvalue weighted by Crippen LogP contribution is 2.43. The van der Waals surface area contributed by atoms with Crippen LogP contribution in [0.1, 0.15) is 0 Å². The van der Waals surface area contributed by atoms with Gasteiger partial charge in [0.15, 0.2) is 0 Å². The summed E-state index contributed by atoms with van der Waals surface area (Å²) in [5, 5.41) is 2.50. The van der Waals surface area contributed by atoms with Gasteiger partial charge in [-0.1, -0.05) is 182 Å². The van der Waals surface area contributed by atoms with Gasteiger partial charge in [-0.2, -0.15) is 0 Å². The van der Waals surface area contributed by atoms with Gasteiger partial charge in [-0.15, -0.1) is 0 Å². The molecule has 2 heteroatoms. The van der Waals surface area contributed by atoms with E-state index < -0.39 is 0 Å². The van der Waals surface area contributed by atoms with E-state index >= 15 is 0 Å². The van der Waals surface area contributed by atoms with Gasteiger partial charge >= 0.3 is 0 Å². The fourth-order valence-electron chi connectivity index (χ4n) is 8.14. The second-order valence-corrected chi connectivity index (χ2v) is 14.1. The number of rotatable bonds is 8. The molecule has 0 radical (unpaired) electrons. The monoisotopic (exact) mass is 714 g/mol. The first-order valence-corrected chi connectivity index (χ1v) is 19.2. The molecule has 1 heterocycles. The van der Waals surface area contributed by atoms with E-state index in [1.807, 2.05) is 0 Å². The Bertz CT molecular complexity index is 2770. The van der Waals surface area contributed by atoms with Crippen molar-refractivity contribution in [2.75, 3.05) is 4.90 Å². The molecule has 0 unspecified atom stereocenters. The van der Waals surface area contributed by atoms with Gasteiger partial charge in [0.05, 0.1) is 16.7 Å². The van der Waals surface area contributed by atoms with Crippen molar-refractivity contribution in [3.63, 3.8) is 0 Å². The number of hydrogen-bond acceptors (Lipinski definition) is 1. The minimum atomic E-state index is 1.09. The molecule has 0 atom stereocenters. The molecule has 0 saturated heterocycles. The zero-order valence-electron chi connectivity index (χ0n) is 30.8. The van der Waals surface area contributed by atoms with E-state index in [0.29, 0.717) is 0 Å². The van der Waals surface area contributed by atoms with Gasteiger partial charge in [-0.25, -0.2) is 0 Å². The highest BCUT2D eigenvalue weighted by Gasteiger charge is 2.20. The molecule has 0 bridgehead atoms. The molecule has 264 valence electrons. The number of nitrogens with zero attached hydrogens (tertiary/aromatic N) is 2. The molecule has 10 aromatic rings. The second kappa shape index (κ2) is 14.4. The van der Waals surface area contributed by atoms with Crippen molar-refractivity contribution in [2.24, 2.45) is 0 Å². The molecule has 1 aromatic heterocycles. The lowest BCUT2D eigenvalue weighted by Gasteiger charge is -2.26. The largest absolute Gasteiger partial charge is 0.311 e. The normalized spacial score (nSPS) is 11.2. The highest BCUT2D eigenvalue weighted by molar-refractivity contribution is 6.10. The number of para-hydroxylation sites is 3. The van der Waals surface area contributed by atoms with E-state index in [9.17, 15) is 0 Å². The number of anilines is 3. The van der Waals surface area contributed by atoms with Crippen LogP contribution >= 0.6 is 0 Å². The Balaban J connectivity index is 1.12. The Morgan fingerprint density at radius 2 is 0.571 bits per heavy atom. The van der Waals surface area contributed by atoms with Crippen LogP contribution in [0.5, 0.6) is 0 Å². The van der Waals surface area contributed by atoms with Crippen LogP contribution in [-0.2, 0) is 0 Å². The molecule has 0 saturated carbocycles. The summed E-state index contributed by atoms with van der Waals surface area (Å²) in [7, 11) is 0. The van der Waals surface area contributed by atoms with Crippen molar-refractivity contribution in [3.8, 4) is 50.2 Å². The first-order valence-electron chi connectivity index (χ1n) is 19.2. The summed E-state index contributed by atoms with van der Waals surface area (Å²) in [5.74, 6) is 0. The summed E-state index contributed by atoms with van der Waals surface area (Å²) >= 11 is 0. The lowest BCUT2D eigenvalue weighted by Crippen LogP contribution is -2.10. The maximum absolute atomic E-state index is 2.46. The zero-order valence-corrected chi connectivity index (χ0v) is 30.8. The summed E-state index contributed by atoms with van der Waals surface area (Å²) in [5.41, 5.74) is 16.4. The first kappa shape index (κ1) is 33.2. The molecular formula is C54H38N2. The molecule has 9 aromatic carbocycles. The third kappa shape index (κ3) is 6.04. The van der Waals surface area contributed by atoms with E-state index in [4.69, 9.17) is 0 Å². The molecular weight excluding hydrogens is 677 g/mol. The van der Waals surface area contributed by atoms with Crippen molar-refractivity contribution in [1.29, 1.82) is 0 Å². The fraction of sp³-hybridized carbons (Fsp3) is 0. The lowest BCUT2D eigenvalue weighted by molar-refractivity contribution is 1.18. The van der Waals surface area contributed by atoms with Gasteiger partial charge in [0.2, 0.25) is 0 Å². The summed E-state index contributed by atoms with van der Waals surface area (Å²) < 4.78 is 2.46. The molecule has 0 aliphatic carbocycles. The van der Waals surface area contributed by atoms with Crippen molar-refractivity contribution in [2.45, 2.75) is 0 Å². The number of aromatic nitrogens is 1. The molecule has 10 rings (SSSR count). The van der Waals surface area contributed by atoms with E-state index in [2.05, 4.69) is 240 Å². The maximum atomic E-state index is 2.46.